The fraction of sp³-hybridized carbons (Fsp3) is 0.269. The fourth-order valence-corrected chi connectivity index (χ4v) is 5.51. The highest BCUT2D eigenvalue weighted by atomic mass is 31.1. The van der Waals surface area contributed by atoms with Gasteiger partial charge in [-0.3, -0.25) is 4.79 Å². The Balaban J connectivity index is 0.000000359. The van der Waals surface area contributed by atoms with Crippen LogP contribution in [0, 0.1) is 0 Å². The Morgan fingerprint density at radius 1 is 0.897 bits per heavy atom. The first-order valence-corrected chi connectivity index (χ1v) is 11.8. The van der Waals surface area contributed by atoms with E-state index < -0.39 is 13.9 Å². The molecule has 0 amide bonds. The normalized spacial score (nSPS) is 10.8. The van der Waals surface area contributed by atoms with Crippen LogP contribution in [-0.2, 0) is 4.79 Å². The van der Waals surface area contributed by atoms with Crippen LogP contribution in [0.5, 0.6) is 0 Å². The van der Waals surface area contributed by atoms with Gasteiger partial charge in [-0.1, -0.05) is 88.2 Å². The highest BCUT2D eigenvalue weighted by Gasteiger charge is 2.25. The van der Waals surface area contributed by atoms with Gasteiger partial charge in [0.05, 0.1) is 7.92 Å². The molecule has 0 atom stereocenters. The maximum atomic E-state index is 10.0. The second-order valence-electron chi connectivity index (χ2n) is 6.73. The Hall–Kier alpha value is -2.44. The third-order valence-corrected chi connectivity index (χ3v) is 7.19. The molecule has 0 aliphatic carbocycles. The first-order chi connectivity index (χ1) is 14.1. The summed E-state index contributed by atoms with van der Waals surface area (Å²) in [6.45, 7) is 9.92. The zero-order chi connectivity index (χ0) is 21.3. The van der Waals surface area contributed by atoms with E-state index in [-0.39, 0.29) is 0 Å². The number of carbonyl (C=O) groups is 1. The molecular weight excluding hydrogens is 375 g/mol. The molecule has 0 heterocycles. The van der Waals surface area contributed by atoms with Crippen molar-refractivity contribution < 1.29 is 9.90 Å². The number of hydrogen-bond acceptors (Lipinski definition) is 1. The van der Waals surface area contributed by atoms with Crippen molar-refractivity contribution in [1.82, 2.24) is 0 Å². The topological polar surface area (TPSA) is 37.3 Å². The van der Waals surface area contributed by atoms with Crippen molar-refractivity contribution in [1.29, 1.82) is 0 Å². The van der Waals surface area contributed by atoms with Gasteiger partial charge in [0.25, 0.3) is 0 Å². The number of carboxylic acids is 1. The summed E-state index contributed by atoms with van der Waals surface area (Å²) < 4.78 is 0. The average Bonchev–Trinajstić information content (AvgIpc) is 2.75. The molecule has 0 fully saturated rings. The van der Waals surface area contributed by atoms with Gasteiger partial charge >= 0.3 is 5.97 Å². The van der Waals surface area contributed by atoms with E-state index in [2.05, 4.69) is 86.8 Å². The Bertz CT molecular complexity index is 711. The molecule has 0 saturated heterocycles. The van der Waals surface area contributed by atoms with E-state index in [1.807, 2.05) is 12.2 Å². The summed E-state index contributed by atoms with van der Waals surface area (Å²) in [7, 11) is -0.980. The van der Waals surface area contributed by atoms with E-state index in [0.717, 1.165) is 12.8 Å². The first-order valence-electron chi connectivity index (χ1n) is 10.3. The lowest BCUT2D eigenvalue weighted by atomic mass is 10.1. The van der Waals surface area contributed by atoms with Gasteiger partial charge in [-0.25, -0.2) is 0 Å². The molecule has 0 radical (unpaired) electrons. The Morgan fingerprint density at radius 3 is 1.83 bits per heavy atom. The number of unbranched alkanes of at least 4 members (excludes halogenated alkanes) is 4. The summed E-state index contributed by atoms with van der Waals surface area (Å²) in [5, 5.41) is 12.3. The third-order valence-electron chi connectivity index (χ3n) is 4.43. The van der Waals surface area contributed by atoms with Crippen LogP contribution in [-0.4, -0.2) is 11.1 Å². The second kappa shape index (κ2) is 15.5. The van der Waals surface area contributed by atoms with Gasteiger partial charge in [0.15, 0.2) is 0 Å². The monoisotopic (exact) mass is 409 g/mol. The third kappa shape index (κ3) is 10.1. The van der Waals surface area contributed by atoms with E-state index >= 15 is 0 Å². The van der Waals surface area contributed by atoms with Crippen molar-refractivity contribution in [3.8, 4) is 0 Å². The average molecular weight is 410 g/mol. The molecule has 154 valence electrons. The minimum atomic E-state index is -0.980. The van der Waals surface area contributed by atoms with Crippen molar-refractivity contribution in [2.24, 2.45) is 0 Å². The Kier molecular flexibility index (Phi) is 13.1. The molecule has 3 heteroatoms. The van der Waals surface area contributed by atoms with Crippen LogP contribution < -0.4 is 10.6 Å². The van der Waals surface area contributed by atoms with Crippen LogP contribution in [0.25, 0.3) is 0 Å². The van der Waals surface area contributed by atoms with E-state index in [1.165, 1.54) is 35.2 Å². The minimum absolute atomic E-state index is 0.337. The highest BCUT2D eigenvalue weighted by Crippen LogP contribution is 2.43. The van der Waals surface area contributed by atoms with Crippen molar-refractivity contribution >= 4 is 24.5 Å². The summed E-state index contributed by atoms with van der Waals surface area (Å²) in [5.74, 6) is -0.670. The molecule has 29 heavy (non-hydrogen) atoms. The zero-order valence-corrected chi connectivity index (χ0v) is 18.5. The molecular formula is C26H34O2P+. The van der Waals surface area contributed by atoms with Crippen molar-refractivity contribution in [2.75, 3.05) is 0 Å². The standard InChI is InChI=1S/C18H17P.C8H16O2/c1-3-11-16(4-2)19(17-12-7-5-8-13-17)18-14-9-6-10-15-18;1-2-3-4-5-6-7-8(9)10/h3-15H,1-2H2;2-7H2,1H3,(H,9,10)/p+1/b16-11+;. The van der Waals surface area contributed by atoms with Crippen LogP contribution in [0.1, 0.15) is 45.4 Å². The molecule has 0 aliphatic rings. The predicted octanol–water partition coefficient (Wildman–Crippen LogP) is 6.54. The molecule has 0 spiro atoms. The maximum Gasteiger partial charge on any atom is 0.303 e. The van der Waals surface area contributed by atoms with Crippen LogP contribution in [0.15, 0.2) is 97.4 Å². The summed E-state index contributed by atoms with van der Waals surface area (Å²) >= 11 is 0. The zero-order valence-electron chi connectivity index (χ0n) is 17.5. The molecule has 0 aliphatic heterocycles. The second-order valence-corrected chi connectivity index (χ2v) is 9.21. The van der Waals surface area contributed by atoms with Gasteiger partial charge in [-0.15, -0.1) is 0 Å². The number of carboxylic acid groups (broad SMARTS) is 1. The molecule has 2 aromatic carbocycles. The quantitative estimate of drug-likeness (QED) is 0.260. The molecule has 0 saturated carbocycles. The van der Waals surface area contributed by atoms with Gasteiger partial charge in [0, 0.05) is 6.42 Å². The van der Waals surface area contributed by atoms with E-state index in [1.54, 1.807) is 0 Å². The van der Waals surface area contributed by atoms with Gasteiger partial charge in [-0.05, 0) is 42.8 Å². The summed E-state index contributed by atoms with van der Waals surface area (Å²) in [6.07, 6.45) is 11.8. The fourth-order valence-electron chi connectivity index (χ4n) is 2.97. The lowest BCUT2D eigenvalue weighted by Gasteiger charge is -2.10. The van der Waals surface area contributed by atoms with Crippen molar-refractivity contribution in [2.45, 2.75) is 45.4 Å². The summed E-state index contributed by atoms with van der Waals surface area (Å²) in [4.78, 5) is 10.0. The summed E-state index contributed by atoms with van der Waals surface area (Å²) in [6, 6.07) is 21.3. The lowest BCUT2D eigenvalue weighted by molar-refractivity contribution is -0.137. The van der Waals surface area contributed by atoms with Crippen molar-refractivity contribution in [3.63, 3.8) is 0 Å². The van der Waals surface area contributed by atoms with E-state index in [0.29, 0.717) is 6.42 Å². The predicted molar refractivity (Wildman–Crippen MR) is 130 cm³/mol. The number of hydrogen-bond donors (Lipinski definition) is 1. The first kappa shape index (κ1) is 24.6. The highest BCUT2D eigenvalue weighted by molar-refractivity contribution is 7.77. The van der Waals surface area contributed by atoms with Crippen LogP contribution in [0.3, 0.4) is 0 Å². The Labute approximate surface area is 177 Å². The molecule has 2 nitrogen and oxygen atoms in total. The van der Waals surface area contributed by atoms with Gasteiger partial charge in [0.2, 0.25) is 0 Å². The largest absolute Gasteiger partial charge is 0.481 e. The molecule has 2 rings (SSSR count). The lowest BCUT2D eigenvalue weighted by Crippen LogP contribution is -2.12. The van der Waals surface area contributed by atoms with E-state index in [9.17, 15) is 4.79 Å². The SMILES string of the molecule is C=C/C=C(\C=C)[PH+](c1ccccc1)c1ccccc1.CCCCCCCC(=O)O. The number of rotatable bonds is 11. The van der Waals surface area contributed by atoms with Gasteiger partial charge in [-0.2, -0.15) is 0 Å². The molecule has 0 unspecified atom stereocenters. The number of aliphatic carboxylic acids is 1. The summed E-state index contributed by atoms with van der Waals surface area (Å²) in [5.41, 5.74) is 0. The number of benzene rings is 2. The van der Waals surface area contributed by atoms with Crippen LogP contribution in [0.4, 0.5) is 0 Å². The molecule has 2 aromatic rings. The van der Waals surface area contributed by atoms with Crippen LogP contribution >= 0.6 is 7.92 Å². The van der Waals surface area contributed by atoms with Gasteiger partial charge < -0.3 is 5.11 Å². The smallest absolute Gasteiger partial charge is 0.303 e. The molecule has 1 N–H and O–H groups in total. The number of allylic oxidation sites excluding steroid dienone is 4. The molecule has 0 aromatic heterocycles. The van der Waals surface area contributed by atoms with Crippen LogP contribution in [0.2, 0.25) is 0 Å². The maximum absolute atomic E-state index is 10.0. The van der Waals surface area contributed by atoms with Crippen molar-refractivity contribution in [3.05, 3.63) is 97.4 Å². The minimum Gasteiger partial charge on any atom is -0.481 e. The molecule has 0 bridgehead atoms. The van der Waals surface area contributed by atoms with E-state index in [4.69, 9.17) is 5.11 Å². The van der Waals surface area contributed by atoms with Gasteiger partial charge in [0.1, 0.15) is 15.9 Å². The Morgan fingerprint density at radius 2 is 1.41 bits per heavy atom.